The molecule has 1 saturated carbocycles. The third-order valence-corrected chi connectivity index (χ3v) is 4.99. The van der Waals surface area contributed by atoms with Gasteiger partial charge in [-0.2, -0.15) is 0 Å². The molecule has 0 saturated heterocycles. The van der Waals surface area contributed by atoms with Crippen LogP contribution in [0.15, 0.2) is 29.4 Å². The second kappa shape index (κ2) is 5.64. The van der Waals surface area contributed by atoms with Crippen molar-refractivity contribution >= 4 is 34.5 Å². The normalized spacial score (nSPS) is 15.8. The molecule has 0 unspecified atom stereocenters. The van der Waals surface area contributed by atoms with Gasteiger partial charge in [0.1, 0.15) is 0 Å². The highest BCUT2D eigenvalue weighted by Crippen LogP contribution is 2.23. The van der Waals surface area contributed by atoms with E-state index in [-0.39, 0.29) is 5.91 Å². The van der Waals surface area contributed by atoms with Gasteiger partial charge in [-0.25, -0.2) is 10.1 Å². The van der Waals surface area contributed by atoms with E-state index in [9.17, 15) is 4.79 Å². The zero-order valence-electron chi connectivity index (χ0n) is 12.1. The highest BCUT2D eigenvalue weighted by Gasteiger charge is 2.18. The first-order chi connectivity index (χ1) is 10.8. The minimum Gasteiger partial charge on any atom is -0.353 e. The SMILES string of the molecule is O=C(CSc1n[nH]c2nc3ccccc3n12)NC1CCCC1. The first kappa shape index (κ1) is 13.6. The maximum atomic E-state index is 12.0. The van der Waals surface area contributed by atoms with Crippen LogP contribution in [0.3, 0.4) is 0 Å². The molecule has 1 aliphatic rings. The number of aromatic amines is 1. The fraction of sp³-hybridized carbons (Fsp3) is 0.400. The summed E-state index contributed by atoms with van der Waals surface area (Å²) < 4.78 is 1.96. The third-order valence-electron chi connectivity index (χ3n) is 4.06. The Labute approximate surface area is 131 Å². The molecule has 1 aliphatic carbocycles. The maximum absolute atomic E-state index is 12.0. The van der Waals surface area contributed by atoms with E-state index >= 15 is 0 Å². The first-order valence-corrected chi connectivity index (χ1v) is 8.53. The van der Waals surface area contributed by atoms with Crippen LogP contribution >= 0.6 is 11.8 Å². The molecular formula is C15H17N5OS. The molecule has 2 aromatic heterocycles. The van der Waals surface area contributed by atoms with Crippen molar-refractivity contribution in [2.24, 2.45) is 0 Å². The molecule has 1 aromatic carbocycles. The fourth-order valence-corrected chi connectivity index (χ4v) is 3.78. The largest absolute Gasteiger partial charge is 0.353 e. The van der Waals surface area contributed by atoms with Gasteiger partial charge >= 0.3 is 0 Å². The number of hydrogen-bond donors (Lipinski definition) is 2. The van der Waals surface area contributed by atoms with E-state index in [1.54, 1.807) is 0 Å². The number of hydrogen-bond acceptors (Lipinski definition) is 4. The van der Waals surface area contributed by atoms with Gasteiger partial charge in [0.15, 0.2) is 5.16 Å². The van der Waals surface area contributed by atoms with Crippen molar-refractivity contribution in [2.45, 2.75) is 36.9 Å². The third kappa shape index (κ3) is 2.45. The van der Waals surface area contributed by atoms with Crippen LogP contribution < -0.4 is 5.32 Å². The van der Waals surface area contributed by atoms with Crippen LogP contribution in [-0.4, -0.2) is 37.3 Å². The van der Waals surface area contributed by atoms with Crippen LogP contribution in [0.5, 0.6) is 0 Å². The summed E-state index contributed by atoms with van der Waals surface area (Å²) in [6.45, 7) is 0. The Bertz CT molecular complexity index is 818. The Morgan fingerprint density at radius 1 is 1.36 bits per heavy atom. The number of H-pyrrole nitrogens is 1. The molecule has 0 bridgehead atoms. The summed E-state index contributed by atoms with van der Waals surface area (Å²) >= 11 is 1.44. The second-order valence-corrected chi connectivity index (χ2v) is 6.55. The molecule has 4 rings (SSSR count). The van der Waals surface area contributed by atoms with Gasteiger partial charge < -0.3 is 5.32 Å². The highest BCUT2D eigenvalue weighted by molar-refractivity contribution is 7.99. The molecule has 2 N–H and O–H groups in total. The quantitative estimate of drug-likeness (QED) is 0.725. The van der Waals surface area contributed by atoms with Gasteiger partial charge in [0.05, 0.1) is 16.8 Å². The van der Waals surface area contributed by atoms with Crippen molar-refractivity contribution in [3.8, 4) is 0 Å². The summed E-state index contributed by atoms with van der Waals surface area (Å²) in [4.78, 5) is 16.5. The van der Waals surface area contributed by atoms with E-state index in [0.29, 0.717) is 17.6 Å². The number of nitrogens with one attached hydrogen (secondary N) is 2. The topological polar surface area (TPSA) is 75.1 Å². The average molecular weight is 315 g/mol. The van der Waals surface area contributed by atoms with Gasteiger partial charge in [-0.05, 0) is 25.0 Å². The summed E-state index contributed by atoms with van der Waals surface area (Å²) in [5.41, 5.74) is 1.93. The van der Waals surface area contributed by atoms with Gasteiger partial charge in [-0.15, -0.1) is 5.10 Å². The molecule has 0 atom stereocenters. The van der Waals surface area contributed by atoms with Crippen LogP contribution in [0.1, 0.15) is 25.7 Å². The van der Waals surface area contributed by atoms with Crippen LogP contribution in [0.25, 0.3) is 16.8 Å². The number of para-hydroxylation sites is 2. The smallest absolute Gasteiger partial charge is 0.231 e. The van der Waals surface area contributed by atoms with E-state index < -0.39 is 0 Å². The Morgan fingerprint density at radius 3 is 3.05 bits per heavy atom. The van der Waals surface area contributed by atoms with E-state index in [2.05, 4.69) is 20.5 Å². The van der Waals surface area contributed by atoms with Crippen LogP contribution in [0.4, 0.5) is 0 Å². The lowest BCUT2D eigenvalue weighted by Gasteiger charge is -2.10. The number of carbonyl (C=O) groups is 1. The molecule has 1 fully saturated rings. The lowest BCUT2D eigenvalue weighted by atomic mass is 10.2. The number of imidazole rings is 1. The van der Waals surface area contributed by atoms with Gasteiger partial charge in [-0.1, -0.05) is 36.7 Å². The minimum atomic E-state index is 0.0810. The number of amides is 1. The zero-order chi connectivity index (χ0) is 14.9. The van der Waals surface area contributed by atoms with Crippen molar-refractivity contribution in [3.63, 3.8) is 0 Å². The van der Waals surface area contributed by atoms with Crippen molar-refractivity contribution in [1.29, 1.82) is 0 Å². The van der Waals surface area contributed by atoms with Gasteiger partial charge in [-0.3, -0.25) is 9.20 Å². The van der Waals surface area contributed by atoms with E-state index in [1.165, 1.54) is 24.6 Å². The summed E-state index contributed by atoms with van der Waals surface area (Å²) in [5.74, 6) is 1.17. The number of thioether (sulfide) groups is 1. The molecule has 22 heavy (non-hydrogen) atoms. The van der Waals surface area contributed by atoms with Crippen LogP contribution in [0.2, 0.25) is 0 Å². The van der Waals surface area contributed by atoms with Gasteiger partial charge in [0.2, 0.25) is 11.7 Å². The average Bonchev–Trinajstić information content (AvgIpc) is 3.21. The summed E-state index contributed by atoms with van der Waals surface area (Å²) in [7, 11) is 0. The predicted octanol–water partition coefficient (Wildman–Crippen LogP) is 2.36. The van der Waals surface area contributed by atoms with E-state index in [0.717, 1.165) is 29.0 Å². The lowest BCUT2D eigenvalue weighted by Crippen LogP contribution is -2.33. The number of carbonyl (C=O) groups excluding carboxylic acids is 1. The lowest BCUT2D eigenvalue weighted by molar-refractivity contribution is -0.119. The summed E-state index contributed by atoms with van der Waals surface area (Å²) in [6, 6.07) is 8.28. The van der Waals surface area contributed by atoms with Crippen molar-refractivity contribution in [2.75, 3.05) is 5.75 Å². The number of rotatable bonds is 4. The molecule has 0 aliphatic heterocycles. The van der Waals surface area contributed by atoms with Crippen LogP contribution in [0, 0.1) is 0 Å². The molecule has 114 valence electrons. The van der Waals surface area contributed by atoms with E-state index in [4.69, 9.17) is 0 Å². The Kier molecular flexibility index (Phi) is 3.49. The van der Waals surface area contributed by atoms with Crippen molar-refractivity contribution in [1.82, 2.24) is 24.9 Å². The Balaban J connectivity index is 1.50. The number of fused-ring (bicyclic) bond motifs is 3. The van der Waals surface area contributed by atoms with Crippen LogP contribution in [-0.2, 0) is 4.79 Å². The predicted molar refractivity (Wildman–Crippen MR) is 86.0 cm³/mol. The standard InChI is InChI=1S/C15H17N5OS/c21-13(16-10-5-1-2-6-10)9-22-15-19-18-14-17-11-7-3-4-8-12(11)20(14)15/h3-4,7-8,10H,1-2,5-6,9H2,(H,16,21)(H,17,18). The second-order valence-electron chi connectivity index (χ2n) is 5.60. The molecule has 0 radical (unpaired) electrons. The number of nitrogens with zero attached hydrogens (tertiary/aromatic N) is 3. The first-order valence-electron chi connectivity index (χ1n) is 7.55. The molecule has 3 aromatic rings. The molecular weight excluding hydrogens is 298 g/mol. The molecule has 0 spiro atoms. The monoisotopic (exact) mass is 315 g/mol. The zero-order valence-corrected chi connectivity index (χ0v) is 12.9. The summed E-state index contributed by atoms with van der Waals surface area (Å²) in [6.07, 6.45) is 4.66. The van der Waals surface area contributed by atoms with Crippen molar-refractivity contribution < 1.29 is 4.79 Å². The molecule has 2 heterocycles. The van der Waals surface area contributed by atoms with Crippen molar-refractivity contribution in [3.05, 3.63) is 24.3 Å². The van der Waals surface area contributed by atoms with Gasteiger partial charge in [0.25, 0.3) is 0 Å². The molecule has 6 nitrogen and oxygen atoms in total. The minimum absolute atomic E-state index is 0.0810. The highest BCUT2D eigenvalue weighted by atomic mass is 32.2. The van der Waals surface area contributed by atoms with Gasteiger partial charge in [0, 0.05) is 6.04 Å². The van der Waals surface area contributed by atoms with E-state index in [1.807, 2.05) is 28.7 Å². The Morgan fingerprint density at radius 2 is 2.18 bits per heavy atom. The number of aromatic nitrogens is 4. The molecule has 7 heteroatoms. The number of benzene rings is 1. The molecule has 1 amide bonds. The fourth-order valence-electron chi connectivity index (χ4n) is 3.01. The Hall–Kier alpha value is -2.02. The maximum Gasteiger partial charge on any atom is 0.231 e. The summed E-state index contributed by atoms with van der Waals surface area (Å²) in [5, 5.41) is 11.1.